The van der Waals surface area contributed by atoms with Crippen LogP contribution >= 0.6 is 0 Å². The van der Waals surface area contributed by atoms with Gasteiger partial charge in [0.2, 0.25) is 0 Å². The van der Waals surface area contributed by atoms with Crippen LogP contribution in [0, 0.1) is 5.92 Å². The standard InChI is InChI=1S/C26H35N7O2/c1-32-11-7-18(8-12-32)17-33-13-9-21(10-14-33)34-22-4-2-3-19(15-22)25-23-16-20(26(27)29-31-28)5-6-24(23)30-35-25/h2-6,15-16,18,21,31H,7-14,17,28H2,1H3,(H2,27,29). The van der Waals surface area contributed by atoms with Crippen LogP contribution in [0.25, 0.3) is 22.2 Å². The fourth-order valence-electron chi connectivity index (χ4n) is 5.17. The molecule has 5 N–H and O–H groups in total. The fourth-order valence-corrected chi connectivity index (χ4v) is 5.17. The number of fused-ring (bicyclic) bond motifs is 1. The summed E-state index contributed by atoms with van der Waals surface area (Å²) in [6.07, 6.45) is 4.98. The van der Waals surface area contributed by atoms with Gasteiger partial charge in [0.05, 0.1) is 5.39 Å². The van der Waals surface area contributed by atoms with Crippen LogP contribution in [-0.4, -0.2) is 66.7 Å². The summed E-state index contributed by atoms with van der Waals surface area (Å²) in [5.74, 6) is 7.92. The van der Waals surface area contributed by atoms with E-state index in [0.717, 1.165) is 59.6 Å². The first-order valence-electron chi connectivity index (χ1n) is 12.5. The minimum atomic E-state index is 0.233. The van der Waals surface area contributed by atoms with Gasteiger partial charge in [0, 0.05) is 30.8 Å². The van der Waals surface area contributed by atoms with Gasteiger partial charge in [-0.3, -0.25) is 0 Å². The average molecular weight is 478 g/mol. The van der Waals surface area contributed by atoms with Crippen LogP contribution < -0.4 is 21.8 Å². The molecule has 0 unspecified atom stereocenters. The summed E-state index contributed by atoms with van der Waals surface area (Å²) in [5, 5.41) is 8.91. The first-order valence-corrected chi connectivity index (χ1v) is 12.5. The molecule has 0 aliphatic carbocycles. The molecule has 2 aromatic carbocycles. The highest BCUT2D eigenvalue weighted by Crippen LogP contribution is 2.32. The van der Waals surface area contributed by atoms with Gasteiger partial charge < -0.3 is 24.8 Å². The molecule has 35 heavy (non-hydrogen) atoms. The molecule has 0 saturated carbocycles. The Morgan fingerprint density at radius 2 is 1.91 bits per heavy atom. The second-order valence-corrected chi connectivity index (χ2v) is 9.76. The molecule has 3 heterocycles. The van der Waals surface area contributed by atoms with Crippen LogP contribution in [0.1, 0.15) is 31.2 Å². The van der Waals surface area contributed by atoms with Crippen molar-refractivity contribution in [3.63, 3.8) is 0 Å². The molecular formula is C26H35N7O2. The number of nitrogens with zero attached hydrogens (tertiary/aromatic N) is 4. The number of benzene rings is 2. The molecule has 9 nitrogen and oxygen atoms in total. The van der Waals surface area contributed by atoms with Crippen molar-refractivity contribution in [3.8, 4) is 17.1 Å². The normalized spacial score (nSPS) is 19.3. The predicted molar refractivity (Wildman–Crippen MR) is 138 cm³/mol. The first kappa shape index (κ1) is 23.6. The Bertz CT molecular complexity index is 1160. The van der Waals surface area contributed by atoms with Gasteiger partial charge in [-0.05, 0) is 82.1 Å². The SMILES string of the molecule is CN1CCC(CN2CCC(Oc3cccc(-c4onc5ccc(/C(N)=N/NN)cc45)c3)CC2)CC1. The van der Waals surface area contributed by atoms with Gasteiger partial charge in [0.15, 0.2) is 11.6 Å². The molecule has 0 amide bonds. The lowest BCUT2D eigenvalue weighted by atomic mass is 9.95. The Balaban J connectivity index is 1.23. The highest BCUT2D eigenvalue weighted by molar-refractivity contribution is 6.02. The first-order chi connectivity index (χ1) is 17.1. The minimum Gasteiger partial charge on any atom is -0.490 e. The number of hydrazine groups is 1. The van der Waals surface area contributed by atoms with E-state index in [9.17, 15) is 0 Å². The summed E-state index contributed by atoms with van der Waals surface area (Å²) >= 11 is 0. The molecular weight excluding hydrogens is 442 g/mol. The summed E-state index contributed by atoms with van der Waals surface area (Å²) < 4.78 is 12.1. The zero-order valence-corrected chi connectivity index (χ0v) is 20.3. The van der Waals surface area contributed by atoms with E-state index >= 15 is 0 Å². The Kier molecular flexibility index (Phi) is 7.17. The van der Waals surface area contributed by atoms with Crippen LogP contribution in [0.2, 0.25) is 0 Å². The van der Waals surface area contributed by atoms with Crippen molar-refractivity contribution in [1.82, 2.24) is 20.5 Å². The second-order valence-electron chi connectivity index (χ2n) is 9.76. The molecule has 186 valence electrons. The van der Waals surface area contributed by atoms with Crippen LogP contribution in [-0.2, 0) is 0 Å². The lowest BCUT2D eigenvalue weighted by Gasteiger charge is -2.36. The lowest BCUT2D eigenvalue weighted by molar-refractivity contribution is 0.0809. The molecule has 0 spiro atoms. The summed E-state index contributed by atoms with van der Waals surface area (Å²) in [7, 11) is 2.22. The van der Waals surface area contributed by atoms with Crippen LogP contribution in [0.4, 0.5) is 0 Å². The minimum absolute atomic E-state index is 0.233. The van der Waals surface area contributed by atoms with E-state index in [1.165, 1.54) is 32.5 Å². The van der Waals surface area contributed by atoms with E-state index in [4.69, 9.17) is 20.8 Å². The summed E-state index contributed by atoms with van der Waals surface area (Å²) in [4.78, 5) is 5.06. The molecule has 3 aromatic rings. The quantitative estimate of drug-likeness (QED) is 0.206. The van der Waals surface area contributed by atoms with Crippen molar-refractivity contribution in [1.29, 1.82) is 0 Å². The number of likely N-dealkylation sites (tertiary alicyclic amines) is 2. The van der Waals surface area contributed by atoms with Gasteiger partial charge in [-0.25, -0.2) is 11.4 Å². The molecule has 0 atom stereocenters. The van der Waals surface area contributed by atoms with E-state index in [1.54, 1.807) is 0 Å². The number of piperidine rings is 2. The molecule has 2 aliphatic rings. The van der Waals surface area contributed by atoms with Crippen molar-refractivity contribution < 1.29 is 9.26 Å². The lowest BCUT2D eigenvalue weighted by Crippen LogP contribution is -2.42. The van der Waals surface area contributed by atoms with Gasteiger partial charge >= 0.3 is 0 Å². The van der Waals surface area contributed by atoms with Crippen molar-refractivity contribution >= 4 is 16.7 Å². The van der Waals surface area contributed by atoms with E-state index < -0.39 is 0 Å². The smallest absolute Gasteiger partial charge is 0.174 e. The number of rotatable bonds is 7. The van der Waals surface area contributed by atoms with Gasteiger partial charge in [-0.15, -0.1) is 5.10 Å². The molecule has 2 fully saturated rings. The number of hydrogen-bond donors (Lipinski definition) is 3. The maximum Gasteiger partial charge on any atom is 0.174 e. The van der Waals surface area contributed by atoms with E-state index in [2.05, 4.69) is 32.6 Å². The van der Waals surface area contributed by atoms with Crippen molar-refractivity contribution in [2.45, 2.75) is 31.8 Å². The number of aromatic nitrogens is 1. The molecule has 0 bridgehead atoms. The number of nitrogens with one attached hydrogen (secondary N) is 1. The number of nitrogens with two attached hydrogens (primary N) is 2. The molecule has 0 radical (unpaired) electrons. The maximum atomic E-state index is 6.40. The van der Waals surface area contributed by atoms with E-state index in [1.807, 2.05) is 42.5 Å². The highest BCUT2D eigenvalue weighted by atomic mass is 16.5. The van der Waals surface area contributed by atoms with Gasteiger partial charge in [-0.1, -0.05) is 17.3 Å². The average Bonchev–Trinajstić information content (AvgIpc) is 3.30. The van der Waals surface area contributed by atoms with Gasteiger partial charge in [0.1, 0.15) is 17.4 Å². The third-order valence-electron chi connectivity index (χ3n) is 7.25. The molecule has 1 aromatic heterocycles. The highest BCUT2D eigenvalue weighted by Gasteiger charge is 2.25. The summed E-state index contributed by atoms with van der Waals surface area (Å²) in [6.45, 7) is 5.90. The zero-order chi connectivity index (χ0) is 24.2. The van der Waals surface area contributed by atoms with Gasteiger partial charge in [0.25, 0.3) is 0 Å². The fraction of sp³-hybridized carbons (Fsp3) is 0.462. The monoisotopic (exact) mass is 477 g/mol. The van der Waals surface area contributed by atoms with Crippen LogP contribution in [0.5, 0.6) is 5.75 Å². The predicted octanol–water partition coefficient (Wildman–Crippen LogP) is 2.76. The van der Waals surface area contributed by atoms with Gasteiger partial charge in [-0.2, -0.15) is 0 Å². The van der Waals surface area contributed by atoms with E-state index in [0.29, 0.717) is 11.6 Å². The van der Waals surface area contributed by atoms with Crippen LogP contribution in [0.15, 0.2) is 52.1 Å². The van der Waals surface area contributed by atoms with E-state index in [-0.39, 0.29) is 6.10 Å². The number of ether oxygens (including phenoxy) is 1. The molecule has 9 heteroatoms. The molecule has 2 saturated heterocycles. The summed E-state index contributed by atoms with van der Waals surface area (Å²) in [6, 6.07) is 13.6. The zero-order valence-electron chi connectivity index (χ0n) is 20.3. The summed E-state index contributed by atoms with van der Waals surface area (Å²) in [5.41, 5.74) is 10.6. The Morgan fingerprint density at radius 1 is 1.11 bits per heavy atom. The van der Waals surface area contributed by atoms with Crippen molar-refractivity contribution in [2.24, 2.45) is 22.6 Å². The van der Waals surface area contributed by atoms with Crippen molar-refractivity contribution in [3.05, 3.63) is 48.0 Å². The molecule has 5 rings (SSSR count). The third kappa shape index (κ3) is 5.58. The number of hydrogen-bond acceptors (Lipinski definition) is 8. The number of hydrazone groups is 1. The Morgan fingerprint density at radius 3 is 2.69 bits per heavy atom. The largest absolute Gasteiger partial charge is 0.490 e. The van der Waals surface area contributed by atoms with Crippen LogP contribution in [0.3, 0.4) is 0 Å². The third-order valence-corrected chi connectivity index (χ3v) is 7.25. The second kappa shape index (κ2) is 10.6. The number of amidine groups is 1. The topological polar surface area (TPSA) is 118 Å². The Labute approximate surface area is 206 Å². The maximum absolute atomic E-state index is 6.40. The Hall–Kier alpha value is -3.14. The van der Waals surface area contributed by atoms with Crippen molar-refractivity contribution in [2.75, 3.05) is 39.8 Å². The molecule has 2 aliphatic heterocycles.